The van der Waals surface area contributed by atoms with Gasteiger partial charge in [-0.3, -0.25) is 4.79 Å². The highest BCUT2D eigenvalue weighted by Gasteiger charge is 2.23. The summed E-state index contributed by atoms with van der Waals surface area (Å²) in [4.78, 5) is 12.7. The zero-order valence-corrected chi connectivity index (χ0v) is 17.8. The Balaban J connectivity index is 1.98. The zero-order chi connectivity index (χ0) is 20.6. The average Bonchev–Trinajstić information content (AvgIpc) is 3.14. The number of rotatable bonds is 10. The van der Waals surface area contributed by atoms with E-state index in [4.69, 9.17) is 4.74 Å². The summed E-state index contributed by atoms with van der Waals surface area (Å²) < 4.78 is 7.40. The molecule has 3 aromatic rings. The smallest absolute Gasteiger partial charge is 0.220 e. The molecule has 4 nitrogen and oxygen atoms in total. The van der Waals surface area contributed by atoms with Crippen LogP contribution in [-0.2, 0) is 22.5 Å². The van der Waals surface area contributed by atoms with Crippen LogP contribution in [-0.4, -0.2) is 30.7 Å². The summed E-state index contributed by atoms with van der Waals surface area (Å²) in [6, 6.07) is 16.9. The molecule has 2 aromatic carbocycles. The molecule has 0 saturated heterocycles. The number of hydrogen-bond donors (Lipinski definition) is 1. The third-order valence-corrected chi connectivity index (χ3v) is 5.55. The van der Waals surface area contributed by atoms with Crippen molar-refractivity contribution in [2.75, 3.05) is 20.3 Å². The second-order valence-electron chi connectivity index (χ2n) is 7.40. The van der Waals surface area contributed by atoms with Crippen LogP contribution in [0.1, 0.15) is 49.3 Å². The van der Waals surface area contributed by atoms with Crippen molar-refractivity contribution in [1.29, 1.82) is 0 Å². The SMILES string of the molecule is CCc1cccc2c([C@@H](CC(=O)NCCCOC)c3ccccc3)cn(CC)c12. The van der Waals surface area contributed by atoms with Gasteiger partial charge in [0.15, 0.2) is 0 Å². The van der Waals surface area contributed by atoms with Gasteiger partial charge in [0.05, 0.1) is 5.52 Å². The van der Waals surface area contributed by atoms with Crippen LogP contribution < -0.4 is 5.32 Å². The Morgan fingerprint density at radius 3 is 2.59 bits per heavy atom. The third-order valence-electron chi connectivity index (χ3n) is 5.55. The highest BCUT2D eigenvalue weighted by Crippen LogP contribution is 2.36. The summed E-state index contributed by atoms with van der Waals surface area (Å²) >= 11 is 0. The average molecular weight is 393 g/mol. The molecule has 0 unspecified atom stereocenters. The van der Waals surface area contributed by atoms with E-state index in [0.717, 1.165) is 19.4 Å². The molecule has 4 heteroatoms. The van der Waals surface area contributed by atoms with E-state index in [9.17, 15) is 4.79 Å². The van der Waals surface area contributed by atoms with Crippen molar-refractivity contribution < 1.29 is 9.53 Å². The summed E-state index contributed by atoms with van der Waals surface area (Å²) in [5.41, 5.74) is 5.06. The third kappa shape index (κ3) is 4.88. The maximum absolute atomic E-state index is 12.7. The minimum Gasteiger partial charge on any atom is -0.385 e. The fraction of sp³-hybridized carbons (Fsp3) is 0.400. The molecule has 29 heavy (non-hydrogen) atoms. The Hall–Kier alpha value is -2.59. The molecule has 154 valence electrons. The number of aryl methyl sites for hydroxylation is 2. The first kappa shape index (κ1) is 21.1. The maximum Gasteiger partial charge on any atom is 0.220 e. The lowest BCUT2D eigenvalue weighted by molar-refractivity contribution is -0.121. The van der Waals surface area contributed by atoms with Gasteiger partial charge in [-0.1, -0.05) is 55.5 Å². The van der Waals surface area contributed by atoms with Crippen LogP contribution in [0.4, 0.5) is 0 Å². The highest BCUT2D eigenvalue weighted by molar-refractivity contribution is 5.89. The van der Waals surface area contributed by atoms with Gasteiger partial charge < -0.3 is 14.6 Å². The first-order valence-corrected chi connectivity index (χ1v) is 10.6. The van der Waals surface area contributed by atoms with Crippen molar-refractivity contribution in [2.45, 2.75) is 45.6 Å². The van der Waals surface area contributed by atoms with Gasteiger partial charge in [-0.05, 0) is 36.5 Å². The van der Waals surface area contributed by atoms with Gasteiger partial charge in [0.2, 0.25) is 5.91 Å². The number of ether oxygens (including phenoxy) is 1. The van der Waals surface area contributed by atoms with Crippen molar-refractivity contribution in [2.24, 2.45) is 0 Å². The van der Waals surface area contributed by atoms with Crippen LogP contribution in [0.25, 0.3) is 10.9 Å². The lowest BCUT2D eigenvalue weighted by atomic mass is 9.87. The minimum absolute atomic E-state index is 0.0287. The fourth-order valence-electron chi connectivity index (χ4n) is 4.07. The van der Waals surface area contributed by atoms with Gasteiger partial charge in [0, 0.05) is 50.7 Å². The van der Waals surface area contributed by atoms with Crippen molar-refractivity contribution >= 4 is 16.8 Å². The summed E-state index contributed by atoms with van der Waals surface area (Å²) in [5.74, 6) is 0.111. The molecular formula is C25H32N2O2. The molecule has 0 aliphatic rings. The molecule has 0 aliphatic carbocycles. The summed E-state index contributed by atoms with van der Waals surface area (Å²) in [6.07, 6.45) is 4.51. The number of fused-ring (bicyclic) bond motifs is 1. The molecule has 0 bridgehead atoms. The quantitative estimate of drug-likeness (QED) is 0.499. The molecule has 1 aromatic heterocycles. The summed E-state index contributed by atoms with van der Waals surface area (Å²) in [6.45, 7) is 6.59. The first-order chi connectivity index (χ1) is 14.2. The van der Waals surface area contributed by atoms with Crippen LogP contribution in [0.15, 0.2) is 54.7 Å². The Morgan fingerprint density at radius 1 is 1.10 bits per heavy atom. The van der Waals surface area contributed by atoms with Gasteiger partial charge in [-0.25, -0.2) is 0 Å². The molecule has 1 amide bonds. The molecule has 1 N–H and O–H groups in total. The highest BCUT2D eigenvalue weighted by atomic mass is 16.5. The van der Waals surface area contributed by atoms with E-state index < -0.39 is 0 Å². The van der Waals surface area contributed by atoms with E-state index in [1.807, 2.05) is 6.07 Å². The Bertz CT molecular complexity index is 931. The predicted octanol–water partition coefficient (Wildman–Crippen LogP) is 4.90. The Labute approximate surface area is 173 Å². The van der Waals surface area contributed by atoms with E-state index in [1.54, 1.807) is 7.11 Å². The number of benzene rings is 2. The van der Waals surface area contributed by atoms with Crippen molar-refractivity contribution in [3.63, 3.8) is 0 Å². The lowest BCUT2D eigenvalue weighted by Gasteiger charge is -2.17. The maximum atomic E-state index is 12.7. The fourth-order valence-corrected chi connectivity index (χ4v) is 4.07. The van der Waals surface area contributed by atoms with Crippen molar-refractivity contribution in [3.05, 3.63) is 71.4 Å². The summed E-state index contributed by atoms with van der Waals surface area (Å²) in [7, 11) is 1.68. The molecular weight excluding hydrogens is 360 g/mol. The normalized spacial score (nSPS) is 12.2. The molecule has 0 saturated carbocycles. The van der Waals surface area contributed by atoms with Gasteiger partial charge in [0.1, 0.15) is 0 Å². The second kappa shape index (κ2) is 10.3. The van der Waals surface area contributed by atoms with Crippen molar-refractivity contribution in [1.82, 2.24) is 9.88 Å². The van der Waals surface area contributed by atoms with Gasteiger partial charge in [-0.15, -0.1) is 0 Å². The molecule has 0 aliphatic heterocycles. The molecule has 0 radical (unpaired) electrons. The van der Waals surface area contributed by atoms with E-state index >= 15 is 0 Å². The van der Waals surface area contributed by atoms with Crippen LogP contribution in [0.3, 0.4) is 0 Å². The van der Waals surface area contributed by atoms with Gasteiger partial charge in [0.25, 0.3) is 0 Å². The number of carbonyl (C=O) groups is 1. The molecule has 1 atom stereocenters. The molecule has 1 heterocycles. The van der Waals surface area contributed by atoms with E-state index in [2.05, 4.69) is 72.4 Å². The number of aromatic nitrogens is 1. The lowest BCUT2D eigenvalue weighted by Crippen LogP contribution is -2.27. The standard InChI is InChI=1S/C25H32N2O2/c1-4-19-13-9-14-21-23(18-27(5-2)25(19)21)22(20-11-7-6-8-12-20)17-24(28)26-15-10-16-29-3/h6-9,11-14,18,22H,4-5,10,15-17H2,1-3H3,(H,26,28)/t22-/m0/s1. The van der Waals surface area contributed by atoms with Crippen LogP contribution >= 0.6 is 0 Å². The topological polar surface area (TPSA) is 43.3 Å². The number of nitrogens with one attached hydrogen (secondary N) is 1. The Morgan fingerprint density at radius 2 is 1.90 bits per heavy atom. The van der Waals surface area contributed by atoms with E-state index in [-0.39, 0.29) is 11.8 Å². The number of para-hydroxylation sites is 1. The van der Waals surface area contributed by atoms with E-state index in [1.165, 1.54) is 27.6 Å². The first-order valence-electron chi connectivity index (χ1n) is 10.6. The Kier molecular flexibility index (Phi) is 7.48. The largest absolute Gasteiger partial charge is 0.385 e. The van der Waals surface area contributed by atoms with Crippen LogP contribution in [0, 0.1) is 0 Å². The van der Waals surface area contributed by atoms with E-state index in [0.29, 0.717) is 19.6 Å². The predicted molar refractivity (Wildman–Crippen MR) is 119 cm³/mol. The summed E-state index contributed by atoms with van der Waals surface area (Å²) in [5, 5.41) is 4.31. The van der Waals surface area contributed by atoms with Gasteiger partial charge in [-0.2, -0.15) is 0 Å². The minimum atomic E-state index is 0.0287. The number of amides is 1. The number of methoxy groups -OCH3 is 1. The zero-order valence-electron chi connectivity index (χ0n) is 17.8. The molecule has 0 spiro atoms. The second-order valence-corrected chi connectivity index (χ2v) is 7.40. The number of hydrogen-bond acceptors (Lipinski definition) is 2. The molecule has 0 fully saturated rings. The van der Waals surface area contributed by atoms with Crippen molar-refractivity contribution in [3.8, 4) is 0 Å². The van der Waals surface area contributed by atoms with Crippen LogP contribution in [0.5, 0.6) is 0 Å². The number of carbonyl (C=O) groups excluding carboxylic acids is 1. The monoisotopic (exact) mass is 392 g/mol. The number of nitrogens with zero attached hydrogens (tertiary/aromatic N) is 1. The van der Waals surface area contributed by atoms with Crippen LogP contribution in [0.2, 0.25) is 0 Å². The van der Waals surface area contributed by atoms with Gasteiger partial charge >= 0.3 is 0 Å². The molecule has 3 rings (SSSR count).